The first-order valence-electron chi connectivity index (χ1n) is 6.54. The topological polar surface area (TPSA) is 90.2 Å². The first-order valence-corrected chi connectivity index (χ1v) is 7.68. The van der Waals surface area contributed by atoms with Gasteiger partial charge in [-0.1, -0.05) is 34.8 Å². The second-order valence-electron chi connectivity index (χ2n) is 4.86. The zero-order valence-electron chi connectivity index (χ0n) is 11.4. The maximum absolute atomic E-state index is 11.0. The average molecular weight is 376 g/mol. The summed E-state index contributed by atoms with van der Waals surface area (Å²) in [6, 6.07) is 2.95. The molecule has 0 atom stereocenters. The number of nitrogens with zero attached hydrogens (tertiary/aromatic N) is 3. The largest absolute Gasteiger partial charge is 0.423 e. The fourth-order valence-corrected chi connectivity index (χ4v) is 2.33. The van der Waals surface area contributed by atoms with E-state index < -0.39 is 4.92 Å². The molecule has 0 amide bonds. The molecule has 1 aliphatic rings. The number of anilines is 1. The zero-order valence-corrected chi connectivity index (χ0v) is 13.7. The Labute approximate surface area is 145 Å². The lowest BCUT2D eigenvalue weighted by Crippen LogP contribution is -2.08. The molecule has 0 unspecified atom stereocenters. The van der Waals surface area contributed by atoms with E-state index in [1.54, 1.807) is 0 Å². The van der Waals surface area contributed by atoms with Crippen molar-refractivity contribution in [3.05, 3.63) is 43.5 Å². The minimum atomic E-state index is -0.555. The Morgan fingerprint density at radius 2 is 1.91 bits per heavy atom. The second-order valence-corrected chi connectivity index (χ2v) is 6.08. The minimum Gasteiger partial charge on any atom is -0.423 e. The van der Waals surface area contributed by atoms with Gasteiger partial charge in [0, 0.05) is 12.1 Å². The van der Waals surface area contributed by atoms with Gasteiger partial charge in [-0.25, -0.2) is 0 Å². The van der Waals surface area contributed by atoms with Crippen molar-refractivity contribution in [3.8, 4) is 11.8 Å². The van der Waals surface area contributed by atoms with Crippen molar-refractivity contribution >= 4 is 46.3 Å². The quantitative estimate of drug-likeness (QED) is 0.462. The van der Waals surface area contributed by atoms with Crippen molar-refractivity contribution < 1.29 is 9.66 Å². The molecule has 1 saturated carbocycles. The number of rotatable bonds is 5. The third kappa shape index (κ3) is 3.74. The van der Waals surface area contributed by atoms with Crippen LogP contribution in [0.15, 0.2) is 18.3 Å². The highest BCUT2D eigenvalue weighted by Gasteiger charge is 2.27. The molecule has 1 fully saturated rings. The molecule has 10 heteroatoms. The SMILES string of the molecule is O=[N+]([O-])c1cnc(Oc2cc(Cl)c(Cl)cc2Cl)nc1NC1CC1. The van der Waals surface area contributed by atoms with E-state index in [9.17, 15) is 10.1 Å². The Kier molecular flexibility index (Phi) is 4.43. The van der Waals surface area contributed by atoms with Crippen LogP contribution in [-0.2, 0) is 0 Å². The van der Waals surface area contributed by atoms with Crippen LogP contribution >= 0.6 is 34.8 Å². The molecule has 0 bridgehead atoms. The zero-order chi connectivity index (χ0) is 16.6. The molecular weight excluding hydrogens is 367 g/mol. The highest BCUT2D eigenvalue weighted by atomic mass is 35.5. The van der Waals surface area contributed by atoms with Gasteiger partial charge in [-0.2, -0.15) is 9.97 Å². The lowest BCUT2D eigenvalue weighted by molar-refractivity contribution is -0.384. The number of nitro groups is 1. The van der Waals surface area contributed by atoms with Crippen LogP contribution in [0, 0.1) is 10.1 Å². The Morgan fingerprint density at radius 3 is 2.57 bits per heavy atom. The van der Waals surface area contributed by atoms with Crippen LogP contribution in [0.4, 0.5) is 11.5 Å². The van der Waals surface area contributed by atoms with Gasteiger partial charge in [-0.05, 0) is 18.9 Å². The lowest BCUT2D eigenvalue weighted by Gasteiger charge is -2.09. The maximum Gasteiger partial charge on any atom is 0.329 e. The molecule has 0 spiro atoms. The van der Waals surface area contributed by atoms with Crippen LogP contribution in [-0.4, -0.2) is 20.9 Å². The number of hydrogen-bond acceptors (Lipinski definition) is 6. The monoisotopic (exact) mass is 374 g/mol. The summed E-state index contributed by atoms with van der Waals surface area (Å²) in [5.74, 6) is 0.311. The average Bonchev–Trinajstić information content (AvgIpc) is 3.28. The fourth-order valence-electron chi connectivity index (χ4n) is 1.75. The summed E-state index contributed by atoms with van der Waals surface area (Å²) in [7, 11) is 0. The highest BCUT2D eigenvalue weighted by molar-refractivity contribution is 6.43. The van der Waals surface area contributed by atoms with E-state index in [0.29, 0.717) is 0 Å². The minimum absolute atomic E-state index is 0.0842. The standard InChI is InChI=1S/C13H9Cl3N4O3/c14-7-3-9(16)11(4-8(7)15)23-13-17-5-10(20(21)22)12(19-13)18-6-1-2-6/h3-6H,1-2H2,(H,17,18,19). The summed E-state index contributed by atoms with van der Waals surface area (Å²) in [6.45, 7) is 0. The second kappa shape index (κ2) is 6.35. The van der Waals surface area contributed by atoms with E-state index in [1.807, 2.05) is 0 Å². The third-order valence-electron chi connectivity index (χ3n) is 3.04. The summed E-state index contributed by atoms with van der Waals surface area (Å²) in [5.41, 5.74) is -0.218. The molecule has 120 valence electrons. The number of halogens is 3. The number of benzene rings is 1. The van der Waals surface area contributed by atoms with Crippen LogP contribution in [0.1, 0.15) is 12.8 Å². The number of ether oxygens (including phenoxy) is 1. The van der Waals surface area contributed by atoms with Gasteiger partial charge in [0.1, 0.15) is 6.20 Å². The normalized spacial score (nSPS) is 13.7. The molecule has 1 aromatic heterocycles. The van der Waals surface area contributed by atoms with Crippen molar-refractivity contribution in [3.63, 3.8) is 0 Å². The first-order chi connectivity index (χ1) is 10.9. The van der Waals surface area contributed by atoms with Gasteiger partial charge in [0.25, 0.3) is 0 Å². The van der Waals surface area contributed by atoms with Crippen molar-refractivity contribution in [1.82, 2.24) is 9.97 Å². The molecule has 1 N–H and O–H groups in total. The van der Waals surface area contributed by atoms with E-state index in [2.05, 4.69) is 15.3 Å². The molecule has 23 heavy (non-hydrogen) atoms. The van der Waals surface area contributed by atoms with Gasteiger partial charge in [-0.3, -0.25) is 10.1 Å². The van der Waals surface area contributed by atoms with Gasteiger partial charge >= 0.3 is 11.7 Å². The lowest BCUT2D eigenvalue weighted by atomic mass is 10.3. The third-order valence-corrected chi connectivity index (χ3v) is 4.06. The van der Waals surface area contributed by atoms with E-state index in [-0.39, 0.29) is 44.4 Å². The van der Waals surface area contributed by atoms with Crippen molar-refractivity contribution in [2.24, 2.45) is 0 Å². The molecule has 1 aromatic carbocycles. The van der Waals surface area contributed by atoms with E-state index in [1.165, 1.54) is 12.1 Å². The van der Waals surface area contributed by atoms with Gasteiger partial charge in [0.2, 0.25) is 5.82 Å². The summed E-state index contributed by atoms with van der Waals surface area (Å²) in [5, 5.41) is 14.8. The molecule has 2 aromatic rings. The summed E-state index contributed by atoms with van der Waals surface area (Å²) < 4.78 is 5.46. The van der Waals surface area contributed by atoms with Crippen LogP contribution in [0.5, 0.6) is 11.8 Å². The van der Waals surface area contributed by atoms with E-state index in [4.69, 9.17) is 39.5 Å². The van der Waals surface area contributed by atoms with Crippen molar-refractivity contribution in [2.75, 3.05) is 5.32 Å². The Balaban J connectivity index is 1.91. The van der Waals surface area contributed by atoms with Crippen LogP contribution in [0.2, 0.25) is 15.1 Å². The highest BCUT2D eigenvalue weighted by Crippen LogP contribution is 2.36. The van der Waals surface area contributed by atoms with E-state index in [0.717, 1.165) is 19.0 Å². The van der Waals surface area contributed by atoms with Gasteiger partial charge in [0.05, 0.1) is 20.0 Å². The first kappa shape index (κ1) is 16.0. The Bertz CT molecular complexity index is 783. The smallest absolute Gasteiger partial charge is 0.329 e. The number of hydrogen-bond donors (Lipinski definition) is 1. The van der Waals surface area contributed by atoms with Crippen LogP contribution in [0.3, 0.4) is 0 Å². The summed E-state index contributed by atoms with van der Waals surface area (Å²) in [4.78, 5) is 18.3. The summed E-state index contributed by atoms with van der Waals surface area (Å²) >= 11 is 17.8. The number of aromatic nitrogens is 2. The molecule has 0 aliphatic heterocycles. The van der Waals surface area contributed by atoms with Gasteiger partial charge in [0.15, 0.2) is 5.75 Å². The maximum atomic E-state index is 11.0. The predicted molar refractivity (Wildman–Crippen MR) is 86.9 cm³/mol. The van der Waals surface area contributed by atoms with E-state index >= 15 is 0 Å². The molecule has 1 heterocycles. The van der Waals surface area contributed by atoms with Crippen molar-refractivity contribution in [1.29, 1.82) is 0 Å². The Hall–Kier alpha value is -1.83. The Morgan fingerprint density at radius 1 is 1.22 bits per heavy atom. The van der Waals surface area contributed by atoms with Crippen molar-refractivity contribution in [2.45, 2.75) is 18.9 Å². The van der Waals surface area contributed by atoms with Crippen LogP contribution < -0.4 is 10.1 Å². The fraction of sp³-hybridized carbons (Fsp3) is 0.231. The predicted octanol–water partition coefficient (Wildman–Crippen LogP) is 4.71. The van der Waals surface area contributed by atoms with Crippen LogP contribution in [0.25, 0.3) is 0 Å². The number of nitrogens with one attached hydrogen (secondary N) is 1. The molecule has 0 radical (unpaired) electrons. The summed E-state index contributed by atoms with van der Waals surface area (Å²) in [6.07, 6.45) is 2.96. The van der Waals surface area contributed by atoms with Gasteiger partial charge < -0.3 is 10.1 Å². The van der Waals surface area contributed by atoms with Gasteiger partial charge in [-0.15, -0.1) is 0 Å². The molecule has 0 saturated heterocycles. The molecular formula is C13H9Cl3N4O3. The molecule has 7 nitrogen and oxygen atoms in total. The molecule has 1 aliphatic carbocycles. The molecule has 3 rings (SSSR count).